The molecule has 0 spiro atoms. The molecule has 1 amide bonds. The fraction of sp³-hybridized carbons (Fsp3) is 0.474. The summed E-state index contributed by atoms with van der Waals surface area (Å²) in [5.74, 6) is -1.50. The van der Waals surface area contributed by atoms with Gasteiger partial charge in [0.15, 0.2) is 11.5 Å². The highest BCUT2D eigenvalue weighted by Gasteiger charge is 2.46. The van der Waals surface area contributed by atoms with Crippen LogP contribution in [0, 0.1) is 10.1 Å². The van der Waals surface area contributed by atoms with Gasteiger partial charge in [-0.05, 0) is 19.9 Å². The number of rotatable bonds is 9. The van der Waals surface area contributed by atoms with E-state index in [9.17, 15) is 33.2 Å². The van der Waals surface area contributed by atoms with Crippen molar-refractivity contribution in [1.82, 2.24) is 9.21 Å². The van der Waals surface area contributed by atoms with Gasteiger partial charge < -0.3 is 14.7 Å². The van der Waals surface area contributed by atoms with Gasteiger partial charge in [0, 0.05) is 32.1 Å². The number of para-hydroxylation sites is 1. The molecular formula is C19H25N3O8S. The van der Waals surface area contributed by atoms with Gasteiger partial charge in [-0.25, -0.2) is 8.42 Å². The third kappa shape index (κ3) is 5.66. The number of carbonyl (C=O) groups is 2. The molecule has 2 unspecified atom stereocenters. The van der Waals surface area contributed by atoms with Gasteiger partial charge in [-0.15, -0.1) is 0 Å². The Labute approximate surface area is 180 Å². The summed E-state index contributed by atoms with van der Waals surface area (Å²) < 4.78 is 31.8. The third-order valence-corrected chi connectivity index (χ3v) is 6.61. The van der Waals surface area contributed by atoms with Crippen LogP contribution in [0.2, 0.25) is 0 Å². The number of benzene rings is 1. The Morgan fingerprint density at radius 2 is 2.03 bits per heavy atom. The van der Waals surface area contributed by atoms with Crippen LogP contribution in [-0.2, 0) is 24.3 Å². The number of nitrogens with zero attached hydrogens (tertiary/aromatic N) is 3. The van der Waals surface area contributed by atoms with E-state index in [1.165, 1.54) is 17.0 Å². The fourth-order valence-corrected chi connectivity index (χ4v) is 5.02. The molecule has 11 nitrogen and oxygen atoms in total. The molecule has 1 N–H and O–H groups in total. The molecular weight excluding hydrogens is 430 g/mol. The van der Waals surface area contributed by atoms with Crippen molar-refractivity contribution in [3.8, 4) is 0 Å². The van der Waals surface area contributed by atoms with Crippen LogP contribution in [-0.4, -0.2) is 77.9 Å². The second-order valence-electron chi connectivity index (χ2n) is 7.18. The van der Waals surface area contributed by atoms with Crippen molar-refractivity contribution in [2.75, 3.05) is 26.2 Å². The maximum Gasteiger partial charge on any atom is 0.325 e. The van der Waals surface area contributed by atoms with Crippen molar-refractivity contribution >= 4 is 27.6 Å². The Hall–Kier alpha value is -2.83. The normalized spacial score (nSPS) is 19.1. The van der Waals surface area contributed by atoms with E-state index in [-0.39, 0.29) is 13.0 Å². The van der Waals surface area contributed by atoms with Gasteiger partial charge >= 0.3 is 5.97 Å². The summed E-state index contributed by atoms with van der Waals surface area (Å²) in [6.07, 6.45) is -1.42. The predicted molar refractivity (Wildman–Crippen MR) is 109 cm³/mol. The molecule has 0 aliphatic carbocycles. The average Bonchev–Trinajstić information content (AvgIpc) is 3.12. The minimum atomic E-state index is -4.49. The third-order valence-electron chi connectivity index (χ3n) is 4.69. The first kappa shape index (κ1) is 24.4. The first-order chi connectivity index (χ1) is 14.5. The van der Waals surface area contributed by atoms with Crippen molar-refractivity contribution in [1.29, 1.82) is 0 Å². The lowest BCUT2D eigenvalue weighted by atomic mass is 10.2. The number of sulfonamides is 1. The minimum Gasteiger partial charge on any atom is -0.454 e. The number of amides is 1. The summed E-state index contributed by atoms with van der Waals surface area (Å²) in [7, 11) is -4.49. The summed E-state index contributed by atoms with van der Waals surface area (Å²) in [6, 6.07) is 3.31. The molecule has 0 saturated carbocycles. The van der Waals surface area contributed by atoms with Crippen molar-refractivity contribution in [2.45, 2.75) is 37.3 Å². The van der Waals surface area contributed by atoms with Crippen LogP contribution in [0.1, 0.15) is 20.3 Å². The number of hydrogen-bond donors (Lipinski definition) is 1. The Morgan fingerprint density at radius 1 is 1.39 bits per heavy atom. The van der Waals surface area contributed by atoms with Crippen LogP contribution < -0.4 is 0 Å². The molecule has 0 aromatic heterocycles. The summed E-state index contributed by atoms with van der Waals surface area (Å²) in [4.78, 5) is 36.1. The van der Waals surface area contributed by atoms with E-state index in [2.05, 4.69) is 6.58 Å². The Balaban J connectivity index is 2.21. The number of likely N-dealkylation sites (N-methyl/N-ethyl adjacent to an activating group) is 1. The smallest absolute Gasteiger partial charge is 0.325 e. The predicted octanol–water partition coefficient (Wildman–Crippen LogP) is 0.687. The molecule has 0 bridgehead atoms. The molecule has 1 aliphatic rings. The standard InChI is InChI=1S/C19H25N3O8S/c1-4-20(10-13(2)3)18(24)12-30-19(25)16-9-14(23)11-21(16)31(28,29)17-8-6-5-7-15(17)22(26)27/h5-8,14,16,23H,2,4,9-12H2,1,3H3. The van der Waals surface area contributed by atoms with Gasteiger partial charge in [-0.1, -0.05) is 24.3 Å². The van der Waals surface area contributed by atoms with E-state index < -0.39 is 62.7 Å². The van der Waals surface area contributed by atoms with Gasteiger partial charge in [0.05, 0.1) is 11.0 Å². The zero-order chi connectivity index (χ0) is 23.3. The SMILES string of the molecule is C=C(C)CN(CC)C(=O)COC(=O)C1CC(O)CN1S(=O)(=O)c1ccccc1[N+](=O)[O-]. The number of nitro benzene ring substituents is 1. The monoisotopic (exact) mass is 455 g/mol. The summed E-state index contributed by atoms with van der Waals surface area (Å²) in [6.45, 7) is 6.83. The van der Waals surface area contributed by atoms with E-state index >= 15 is 0 Å². The minimum absolute atomic E-state index is 0.254. The number of carbonyl (C=O) groups excluding carboxylic acids is 2. The van der Waals surface area contributed by atoms with Gasteiger partial charge in [0.25, 0.3) is 21.6 Å². The Bertz CT molecular complexity index is 978. The average molecular weight is 455 g/mol. The fourth-order valence-electron chi connectivity index (χ4n) is 3.24. The van der Waals surface area contributed by atoms with E-state index in [4.69, 9.17) is 4.74 Å². The number of aliphatic hydroxyl groups excluding tert-OH is 1. The van der Waals surface area contributed by atoms with Gasteiger partial charge in [0.1, 0.15) is 6.04 Å². The Morgan fingerprint density at radius 3 is 2.61 bits per heavy atom. The maximum absolute atomic E-state index is 13.1. The lowest BCUT2D eigenvalue weighted by Gasteiger charge is -2.24. The topological polar surface area (TPSA) is 147 Å². The quantitative estimate of drug-likeness (QED) is 0.247. The molecule has 2 rings (SSSR count). The van der Waals surface area contributed by atoms with Crippen LogP contribution in [0.25, 0.3) is 0 Å². The molecule has 0 radical (unpaired) electrons. The molecule has 12 heteroatoms. The van der Waals surface area contributed by atoms with Crippen molar-refractivity contribution in [3.05, 3.63) is 46.5 Å². The van der Waals surface area contributed by atoms with Crippen LogP contribution in [0.5, 0.6) is 0 Å². The molecule has 1 heterocycles. The molecule has 1 saturated heterocycles. The maximum atomic E-state index is 13.1. The van der Waals surface area contributed by atoms with E-state index in [0.717, 1.165) is 17.7 Å². The second kappa shape index (κ2) is 9.98. The van der Waals surface area contributed by atoms with Crippen molar-refractivity contribution in [2.24, 2.45) is 0 Å². The van der Waals surface area contributed by atoms with E-state index in [1.54, 1.807) is 13.8 Å². The molecule has 170 valence electrons. The zero-order valence-electron chi connectivity index (χ0n) is 17.3. The lowest BCUT2D eigenvalue weighted by molar-refractivity contribution is -0.387. The molecule has 2 atom stereocenters. The molecule has 1 aromatic carbocycles. The molecule has 1 aliphatic heterocycles. The van der Waals surface area contributed by atoms with Gasteiger partial charge in [-0.2, -0.15) is 4.31 Å². The van der Waals surface area contributed by atoms with E-state index in [1.807, 2.05) is 0 Å². The number of hydrogen-bond acceptors (Lipinski definition) is 8. The number of nitro groups is 1. The molecule has 31 heavy (non-hydrogen) atoms. The highest BCUT2D eigenvalue weighted by Crippen LogP contribution is 2.31. The zero-order valence-corrected chi connectivity index (χ0v) is 18.1. The largest absolute Gasteiger partial charge is 0.454 e. The van der Waals surface area contributed by atoms with Crippen molar-refractivity contribution in [3.63, 3.8) is 0 Å². The summed E-state index contributed by atoms with van der Waals surface area (Å²) >= 11 is 0. The highest BCUT2D eigenvalue weighted by molar-refractivity contribution is 7.89. The second-order valence-corrected chi connectivity index (χ2v) is 9.04. The van der Waals surface area contributed by atoms with Gasteiger partial charge in [0.2, 0.25) is 0 Å². The number of β-amino-alcohol motifs (C(OH)–C–C–N with tert-alkyl or cyclic N) is 1. The number of esters is 1. The highest BCUT2D eigenvalue weighted by atomic mass is 32.2. The van der Waals surface area contributed by atoms with Crippen LogP contribution in [0.15, 0.2) is 41.3 Å². The lowest BCUT2D eigenvalue weighted by Crippen LogP contribution is -2.43. The molecule has 1 aromatic rings. The molecule has 1 fully saturated rings. The van der Waals surface area contributed by atoms with E-state index in [0.29, 0.717) is 10.8 Å². The number of aliphatic hydroxyl groups is 1. The first-order valence-corrected chi connectivity index (χ1v) is 10.9. The van der Waals surface area contributed by atoms with Crippen molar-refractivity contribution < 1.29 is 32.8 Å². The Kier molecular flexibility index (Phi) is 7.87. The number of ether oxygens (including phenoxy) is 1. The van der Waals surface area contributed by atoms with Crippen LogP contribution in [0.4, 0.5) is 5.69 Å². The summed E-state index contributed by atoms with van der Waals surface area (Å²) in [5.41, 5.74) is 0.0896. The first-order valence-electron chi connectivity index (χ1n) is 9.51. The summed E-state index contributed by atoms with van der Waals surface area (Å²) in [5, 5.41) is 21.2. The van der Waals surface area contributed by atoms with Crippen LogP contribution in [0.3, 0.4) is 0 Å². The van der Waals surface area contributed by atoms with Gasteiger partial charge in [-0.3, -0.25) is 19.7 Å². The van der Waals surface area contributed by atoms with Crippen LogP contribution >= 0.6 is 0 Å².